The van der Waals surface area contributed by atoms with Gasteiger partial charge in [-0.15, -0.1) is 0 Å². The second-order valence-corrected chi connectivity index (χ2v) is 1.85. The van der Waals surface area contributed by atoms with Gasteiger partial charge in [-0.05, 0) is 13.8 Å². The third kappa shape index (κ3) is 2.79. The zero-order chi connectivity index (χ0) is 8.85. The largest absolute Gasteiger partial charge is 0.458 e. The number of carbonyl (C=O) groups is 1. The molecule has 0 aliphatic heterocycles. The van der Waals surface area contributed by atoms with Crippen LogP contribution < -0.4 is 11.3 Å². The van der Waals surface area contributed by atoms with E-state index in [1.807, 2.05) is 0 Å². The molecule has 5 nitrogen and oxygen atoms in total. The Labute approximate surface area is 64.7 Å². The molecule has 0 radical (unpaired) electrons. The van der Waals surface area contributed by atoms with E-state index in [1.165, 1.54) is 6.92 Å². The Morgan fingerprint density at radius 1 is 1.73 bits per heavy atom. The summed E-state index contributed by atoms with van der Waals surface area (Å²) in [6.45, 7) is 3.52. The summed E-state index contributed by atoms with van der Waals surface area (Å²) in [6, 6.07) is 0. The minimum Gasteiger partial charge on any atom is -0.458 e. The first-order valence-electron chi connectivity index (χ1n) is 3.17. The first kappa shape index (κ1) is 9.61. The quantitative estimate of drug-likeness (QED) is 0.217. The molecule has 0 amide bonds. The summed E-state index contributed by atoms with van der Waals surface area (Å²) in [7, 11) is 0. The number of hydrogen-bond donors (Lipinski definition) is 2. The number of nitrogens with two attached hydrogens (primary N) is 2. The third-order valence-electron chi connectivity index (χ3n) is 1.08. The Bertz CT molecular complexity index is 198. The van der Waals surface area contributed by atoms with Gasteiger partial charge in [-0.25, -0.2) is 10.2 Å². The Hall–Kier alpha value is -1.39. The number of rotatable bonds is 3. The van der Waals surface area contributed by atoms with Crippen LogP contribution in [0.25, 0.3) is 0 Å². The summed E-state index contributed by atoms with van der Waals surface area (Å²) in [5.41, 5.74) is 0.234. The molecule has 0 aliphatic carbocycles. The molecule has 0 heterocycles. The van der Waals surface area contributed by atoms with Gasteiger partial charge in [-0.1, -0.05) is 0 Å². The van der Waals surface area contributed by atoms with Crippen molar-refractivity contribution in [3.63, 3.8) is 0 Å². The number of ether oxygens (including phenoxy) is 1. The highest BCUT2D eigenvalue weighted by Gasteiger charge is 2.19. The summed E-state index contributed by atoms with van der Waals surface area (Å²) in [5, 5.41) is 8.53. The molecule has 4 N–H and O–H groups in total. The summed E-state index contributed by atoms with van der Waals surface area (Å²) >= 11 is 0. The molecule has 0 spiro atoms. The molecular weight excluding hydrogens is 146 g/mol. The minimum atomic E-state index is -0.584. The van der Waals surface area contributed by atoms with E-state index in [4.69, 9.17) is 11.3 Å². The fraction of sp³-hybridized carbons (Fsp3) is 0.500. The van der Waals surface area contributed by atoms with Crippen LogP contribution in [0.15, 0.2) is 5.10 Å². The predicted molar refractivity (Wildman–Crippen MR) is 40.9 cm³/mol. The lowest BCUT2D eigenvalue weighted by molar-refractivity contribution is -0.150. The van der Waals surface area contributed by atoms with Gasteiger partial charge in [-0.2, -0.15) is 5.10 Å². The van der Waals surface area contributed by atoms with Gasteiger partial charge in [0.1, 0.15) is 5.71 Å². The zero-order valence-corrected chi connectivity index (χ0v) is 6.63. The number of hydrogen-bond acceptors (Lipinski definition) is 4. The van der Waals surface area contributed by atoms with Crippen molar-refractivity contribution < 1.29 is 14.9 Å². The average Bonchev–Trinajstić information content (AvgIpc) is 2.02. The van der Waals surface area contributed by atoms with Crippen LogP contribution in [-0.4, -0.2) is 24.0 Å². The highest BCUT2D eigenvalue weighted by atomic mass is 16.5. The maximum Gasteiger partial charge on any atom is 0.405 e. The van der Waals surface area contributed by atoms with Crippen molar-refractivity contribution in [2.75, 3.05) is 6.61 Å². The van der Waals surface area contributed by atoms with Crippen LogP contribution in [-0.2, 0) is 9.53 Å². The van der Waals surface area contributed by atoms with Crippen molar-refractivity contribution >= 4 is 17.4 Å². The first-order chi connectivity index (χ1) is 5.13. The lowest BCUT2D eigenvalue weighted by atomic mass is 10.2. The van der Waals surface area contributed by atoms with Crippen molar-refractivity contribution in [3.8, 4) is 0 Å². The molecule has 0 bridgehead atoms. The van der Waals surface area contributed by atoms with Crippen LogP contribution in [0, 0.1) is 0 Å². The summed E-state index contributed by atoms with van der Waals surface area (Å²) in [6.07, 6.45) is 0. The molecule has 0 aromatic carbocycles. The van der Waals surface area contributed by atoms with Gasteiger partial charge in [-0.3, -0.25) is 0 Å². The van der Waals surface area contributed by atoms with E-state index < -0.39 is 5.97 Å². The molecule has 0 fully saturated rings. The number of esters is 1. The average molecular weight is 158 g/mol. The van der Waals surface area contributed by atoms with Crippen molar-refractivity contribution in [1.82, 2.24) is 0 Å². The molecule has 0 saturated heterocycles. The van der Waals surface area contributed by atoms with Crippen LogP contribution in [0.5, 0.6) is 0 Å². The van der Waals surface area contributed by atoms with E-state index in [2.05, 4.69) is 9.84 Å². The van der Waals surface area contributed by atoms with Gasteiger partial charge >= 0.3 is 11.7 Å². The smallest absolute Gasteiger partial charge is 0.405 e. The Kier molecular flexibility index (Phi) is 3.87. The van der Waals surface area contributed by atoms with E-state index in [-0.39, 0.29) is 18.0 Å². The molecule has 0 saturated carbocycles. The predicted octanol–water partition coefficient (Wildman–Crippen LogP) is -1.92. The highest BCUT2D eigenvalue weighted by Crippen LogP contribution is 1.81. The standard InChI is InChI=1S/C6H11N3O2/c1-3-11-6(10)5(7)4(2)9-8/h7H,3,8H2,1-2H3/p+1. The molecular formula is C6H12N3O2+. The lowest BCUT2D eigenvalue weighted by Crippen LogP contribution is -2.50. The van der Waals surface area contributed by atoms with Gasteiger partial charge in [0.05, 0.1) is 6.61 Å². The van der Waals surface area contributed by atoms with Crippen LogP contribution in [0.1, 0.15) is 13.8 Å². The van der Waals surface area contributed by atoms with Crippen molar-refractivity contribution in [2.24, 2.45) is 10.9 Å². The molecule has 0 unspecified atom stereocenters. The molecule has 0 aromatic rings. The summed E-state index contributed by atoms with van der Waals surface area (Å²) < 4.78 is 4.59. The molecule has 5 heteroatoms. The second kappa shape index (κ2) is 4.43. The first-order valence-corrected chi connectivity index (χ1v) is 3.17. The van der Waals surface area contributed by atoms with E-state index in [0.717, 1.165) is 0 Å². The maximum absolute atomic E-state index is 10.8. The fourth-order valence-electron chi connectivity index (χ4n) is 0.426. The molecule has 0 rings (SSSR count). The van der Waals surface area contributed by atoms with Crippen molar-refractivity contribution in [2.45, 2.75) is 13.8 Å². The number of carbonyl (C=O) groups excluding carboxylic acids is 1. The number of hydrazone groups is 1. The molecule has 62 valence electrons. The Balaban J connectivity index is 4.15. The molecule has 0 aromatic heterocycles. The van der Waals surface area contributed by atoms with Gasteiger partial charge in [0.25, 0.3) is 0 Å². The van der Waals surface area contributed by atoms with Gasteiger partial charge in [0.2, 0.25) is 0 Å². The van der Waals surface area contributed by atoms with Gasteiger partial charge in [0, 0.05) is 0 Å². The zero-order valence-electron chi connectivity index (χ0n) is 6.63. The molecule has 0 aliphatic rings. The van der Waals surface area contributed by atoms with Crippen molar-refractivity contribution in [1.29, 1.82) is 0 Å². The topological polar surface area (TPSA) is 90.3 Å². The van der Waals surface area contributed by atoms with Crippen molar-refractivity contribution in [3.05, 3.63) is 0 Å². The van der Waals surface area contributed by atoms with E-state index >= 15 is 0 Å². The SMILES string of the molecule is CCOC(=O)C(=[NH2+])C(C)=NN. The van der Waals surface area contributed by atoms with E-state index in [1.54, 1.807) is 6.92 Å². The minimum absolute atomic E-state index is 0.0469. The molecule has 0 atom stereocenters. The van der Waals surface area contributed by atoms with Crippen LogP contribution in [0.4, 0.5) is 0 Å². The number of nitrogens with zero attached hydrogens (tertiary/aromatic N) is 1. The summed E-state index contributed by atoms with van der Waals surface area (Å²) in [4.78, 5) is 10.8. The van der Waals surface area contributed by atoms with Crippen LogP contribution in [0.3, 0.4) is 0 Å². The Morgan fingerprint density at radius 3 is 2.64 bits per heavy atom. The van der Waals surface area contributed by atoms with Crippen LogP contribution >= 0.6 is 0 Å². The van der Waals surface area contributed by atoms with E-state index in [0.29, 0.717) is 0 Å². The monoisotopic (exact) mass is 158 g/mol. The van der Waals surface area contributed by atoms with E-state index in [9.17, 15) is 4.79 Å². The lowest BCUT2D eigenvalue weighted by Gasteiger charge is -1.96. The van der Waals surface area contributed by atoms with Crippen LogP contribution in [0.2, 0.25) is 0 Å². The Morgan fingerprint density at radius 2 is 2.27 bits per heavy atom. The van der Waals surface area contributed by atoms with Gasteiger partial charge < -0.3 is 10.6 Å². The van der Waals surface area contributed by atoms with Gasteiger partial charge in [0.15, 0.2) is 0 Å². The molecule has 11 heavy (non-hydrogen) atoms. The second-order valence-electron chi connectivity index (χ2n) is 1.85. The highest BCUT2D eigenvalue weighted by molar-refractivity contribution is 6.63. The third-order valence-corrected chi connectivity index (χ3v) is 1.08. The maximum atomic E-state index is 10.8. The normalized spacial score (nSPS) is 10.9. The fourth-order valence-corrected chi connectivity index (χ4v) is 0.426. The summed E-state index contributed by atoms with van der Waals surface area (Å²) in [5.74, 6) is 4.30.